The smallest absolute Gasteiger partial charge is 0.255 e. The highest BCUT2D eigenvalue weighted by Gasteiger charge is 2.23. The number of amides is 1. The quantitative estimate of drug-likeness (QED) is 0.635. The standard InChI is InChI=1S/C23H28N4O2S/c1-16-8-9-20-21(17(16)2)25-23(30-20)27-14-12-26(13-15-27)11-10-24-22(28)18-6-4-5-7-19(18)29-3/h4-9H,10-15H2,1-3H3,(H,24,28)/p+1. The third kappa shape index (κ3) is 4.27. The van der Waals surface area contributed by atoms with Gasteiger partial charge in [0, 0.05) is 0 Å². The second-order valence-electron chi connectivity index (χ2n) is 7.79. The molecule has 2 N–H and O–H groups in total. The first-order chi connectivity index (χ1) is 14.6. The van der Waals surface area contributed by atoms with Crippen molar-refractivity contribution < 1.29 is 14.4 Å². The number of hydrogen-bond donors (Lipinski definition) is 2. The van der Waals surface area contributed by atoms with Crippen LogP contribution in [0.4, 0.5) is 5.13 Å². The lowest BCUT2D eigenvalue weighted by molar-refractivity contribution is -0.899. The number of quaternary nitrogens is 1. The number of para-hydroxylation sites is 1. The second-order valence-corrected chi connectivity index (χ2v) is 8.80. The van der Waals surface area contributed by atoms with Crippen molar-refractivity contribution in [2.75, 3.05) is 51.3 Å². The molecule has 1 fully saturated rings. The van der Waals surface area contributed by atoms with Crippen LogP contribution in [0.3, 0.4) is 0 Å². The normalized spacial score (nSPS) is 14.8. The molecule has 7 heteroatoms. The van der Waals surface area contributed by atoms with Crippen molar-refractivity contribution >= 4 is 32.6 Å². The summed E-state index contributed by atoms with van der Waals surface area (Å²) in [6, 6.07) is 11.7. The molecule has 1 aromatic heterocycles. The van der Waals surface area contributed by atoms with Crippen LogP contribution in [0, 0.1) is 13.8 Å². The first-order valence-electron chi connectivity index (χ1n) is 10.4. The van der Waals surface area contributed by atoms with E-state index in [-0.39, 0.29) is 5.91 Å². The molecule has 2 aromatic carbocycles. The number of fused-ring (bicyclic) bond motifs is 1. The van der Waals surface area contributed by atoms with Gasteiger partial charge in [-0.15, -0.1) is 0 Å². The highest BCUT2D eigenvalue weighted by Crippen LogP contribution is 2.31. The molecule has 6 nitrogen and oxygen atoms in total. The molecule has 1 amide bonds. The van der Waals surface area contributed by atoms with Gasteiger partial charge in [0.1, 0.15) is 5.75 Å². The summed E-state index contributed by atoms with van der Waals surface area (Å²) in [5.41, 5.74) is 4.30. The molecule has 0 aliphatic carbocycles. The molecule has 0 atom stereocenters. The summed E-state index contributed by atoms with van der Waals surface area (Å²) in [5, 5.41) is 4.16. The molecule has 1 aliphatic rings. The monoisotopic (exact) mass is 425 g/mol. The van der Waals surface area contributed by atoms with E-state index in [1.54, 1.807) is 24.5 Å². The van der Waals surface area contributed by atoms with E-state index in [0.29, 0.717) is 17.9 Å². The van der Waals surface area contributed by atoms with E-state index in [0.717, 1.165) is 43.4 Å². The number of piperazine rings is 1. The van der Waals surface area contributed by atoms with Crippen molar-refractivity contribution in [3.05, 3.63) is 53.1 Å². The van der Waals surface area contributed by atoms with Crippen LogP contribution >= 0.6 is 11.3 Å². The highest BCUT2D eigenvalue weighted by molar-refractivity contribution is 7.22. The average molecular weight is 426 g/mol. The van der Waals surface area contributed by atoms with Gasteiger partial charge in [0.05, 0.1) is 62.2 Å². The zero-order chi connectivity index (χ0) is 21.1. The van der Waals surface area contributed by atoms with E-state index in [2.05, 4.69) is 36.2 Å². The minimum absolute atomic E-state index is 0.0781. The first kappa shape index (κ1) is 20.6. The van der Waals surface area contributed by atoms with Gasteiger partial charge in [-0.05, 0) is 43.2 Å². The van der Waals surface area contributed by atoms with Crippen LogP contribution in [0.15, 0.2) is 36.4 Å². The summed E-state index contributed by atoms with van der Waals surface area (Å²) >= 11 is 1.79. The topological polar surface area (TPSA) is 58.9 Å². The van der Waals surface area contributed by atoms with Crippen molar-refractivity contribution in [1.82, 2.24) is 10.3 Å². The van der Waals surface area contributed by atoms with Gasteiger partial charge < -0.3 is 19.9 Å². The molecule has 0 bridgehead atoms. The van der Waals surface area contributed by atoms with Crippen molar-refractivity contribution in [2.45, 2.75) is 13.8 Å². The number of thiazole rings is 1. The summed E-state index contributed by atoms with van der Waals surface area (Å²) in [6.45, 7) is 9.97. The Morgan fingerprint density at radius 3 is 2.73 bits per heavy atom. The minimum atomic E-state index is -0.0781. The lowest BCUT2D eigenvalue weighted by Crippen LogP contribution is -3.15. The number of hydrogen-bond acceptors (Lipinski definition) is 5. The number of anilines is 1. The van der Waals surface area contributed by atoms with E-state index in [1.807, 2.05) is 18.2 Å². The van der Waals surface area contributed by atoms with Crippen LogP contribution in [0.25, 0.3) is 10.2 Å². The van der Waals surface area contributed by atoms with Gasteiger partial charge in [-0.1, -0.05) is 29.5 Å². The Hall–Kier alpha value is -2.64. The van der Waals surface area contributed by atoms with Crippen LogP contribution in [-0.4, -0.2) is 57.3 Å². The lowest BCUT2D eigenvalue weighted by atomic mass is 10.1. The van der Waals surface area contributed by atoms with Crippen LogP contribution in [0.5, 0.6) is 5.75 Å². The fourth-order valence-electron chi connectivity index (χ4n) is 3.89. The SMILES string of the molecule is COc1ccccc1C(=O)NCC[NH+]1CCN(c2nc3c(C)c(C)ccc3s2)CC1. The molecular weight excluding hydrogens is 396 g/mol. The number of nitrogens with one attached hydrogen (secondary N) is 2. The molecule has 0 unspecified atom stereocenters. The molecule has 3 aromatic rings. The van der Waals surface area contributed by atoms with Crippen LogP contribution in [-0.2, 0) is 0 Å². The number of carbonyl (C=O) groups is 1. The first-order valence-corrected chi connectivity index (χ1v) is 11.2. The number of aryl methyl sites for hydroxylation is 2. The summed E-state index contributed by atoms with van der Waals surface area (Å²) in [7, 11) is 1.59. The van der Waals surface area contributed by atoms with Gasteiger partial charge in [0.15, 0.2) is 5.13 Å². The Labute approximate surface area is 181 Å². The summed E-state index contributed by atoms with van der Waals surface area (Å²) < 4.78 is 6.54. The molecule has 0 saturated carbocycles. The van der Waals surface area contributed by atoms with Crippen molar-refractivity contribution in [1.29, 1.82) is 0 Å². The zero-order valence-electron chi connectivity index (χ0n) is 17.8. The number of carbonyl (C=O) groups excluding carboxylic acids is 1. The highest BCUT2D eigenvalue weighted by atomic mass is 32.1. The maximum Gasteiger partial charge on any atom is 0.255 e. The van der Waals surface area contributed by atoms with Gasteiger partial charge in [-0.3, -0.25) is 4.79 Å². The Morgan fingerprint density at radius 1 is 1.20 bits per heavy atom. The van der Waals surface area contributed by atoms with E-state index < -0.39 is 0 Å². The van der Waals surface area contributed by atoms with E-state index in [1.165, 1.54) is 20.7 Å². The predicted octanol–water partition coefficient (Wildman–Crippen LogP) is 2.06. The fourth-order valence-corrected chi connectivity index (χ4v) is 4.97. The van der Waals surface area contributed by atoms with Crippen LogP contribution in [0.1, 0.15) is 21.5 Å². The summed E-state index contributed by atoms with van der Waals surface area (Å²) in [4.78, 5) is 21.3. The molecular formula is C23H29N4O2S+. The largest absolute Gasteiger partial charge is 0.496 e. The molecule has 158 valence electrons. The van der Waals surface area contributed by atoms with Gasteiger partial charge in [-0.2, -0.15) is 0 Å². The average Bonchev–Trinajstić information content (AvgIpc) is 3.22. The lowest BCUT2D eigenvalue weighted by Gasteiger charge is -2.32. The number of aromatic nitrogens is 1. The molecule has 0 radical (unpaired) electrons. The Bertz CT molecular complexity index is 1040. The van der Waals surface area contributed by atoms with E-state index in [4.69, 9.17) is 9.72 Å². The maximum atomic E-state index is 12.4. The third-order valence-electron chi connectivity index (χ3n) is 5.93. The van der Waals surface area contributed by atoms with Crippen LogP contribution < -0.4 is 19.9 Å². The van der Waals surface area contributed by atoms with E-state index in [9.17, 15) is 4.79 Å². The molecule has 2 heterocycles. The number of rotatable bonds is 6. The number of benzene rings is 2. The van der Waals surface area contributed by atoms with Crippen molar-refractivity contribution in [3.8, 4) is 5.75 Å². The van der Waals surface area contributed by atoms with Gasteiger partial charge in [0.2, 0.25) is 0 Å². The summed E-state index contributed by atoms with van der Waals surface area (Å²) in [5.74, 6) is 0.530. The van der Waals surface area contributed by atoms with Crippen molar-refractivity contribution in [3.63, 3.8) is 0 Å². The zero-order valence-corrected chi connectivity index (χ0v) is 18.6. The number of ether oxygens (including phenoxy) is 1. The predicted molar refractivity (Wildman–Crippen MR) is 122 cm³/mol. The Morgan fingerprint density at radius 2 is 1.97 bits per heavy atom. The third-order valence-corrected chi connectivity index (χ3v) is 7.01. The maximum absolute atomic E-state index is 12.4. The minimum Gasteiger partial charge on any atom is -0.496 e. The van der Waals surface area contributed by atoms with Gasteiger partial charge in [0.25, 0.3) is 5.91 Å². The molecule has 30 heavy (non-hydrogen) atoms. The van der Waals surface area contributed by atoms with E-state index >= 15 is 0 Å². The Kier molecular flexibility index (Phi) is 6.20. The fraction of sp³-hybridized carbons (Fsp3) is 0.391. The van der Waals surface area contributed by atoms with Crippen molar-refractivity contribution in [2.24, 2.45) is 0 Å². The second kappa shape index (κ2) is 9.02. The van der Waals surface area contributed by atoms with Gasteiger partial charge in [-0.25, -0.2) is 4.98 Å². The number of nitrogens with zero attached hydrogens (tertiary/aromatic N) is 2. The van der Waals surface area contributed by atoms with Crippen LogP contribution in [0.2, 0.25) is 0 Å². The molecule has 1 saturated heterocycles. The number of methoxy groups -OCH3 is 1. The van der Waals surface area contributed by atoms with Gasteiger partial charge >= 0.3 is 0 Å². The summed E-state index contributed by atoms with van der Waals surface area (Å²) in [6.07, 6.45) is 0. The Balaban J connectivity index is 1.28. The molecule has 4 rings (SSSR count). The molecule has 1 aliphatic heterocycles. The molecule has 0 spiro atoms.